The molecule has 0 fully saturated rings. The van der Waals surface area contributed by atoms with Gasteiger partial charge < -0.3 is 20.8 Å². The van der Waals surface area contributed by atoms with Gasteiger partial charge in [-0.3, -0.25) is 34.2 Å². The van der Waals surface area contributed by atoms with Crippen LogP contribution in [0.5, 0.6) is 0 Å². The van der Waals surface area contributed by atoms with Crippen LogP contribution in [0, 0.1) is 0 Å². The van der Waals surface area contributed by atoms with Crippen LogP contribution >= 0.6 is 23.2 Å². The van der Waals surface area contributed by atoms with Crippen molar-refractivity contribution in [2.24, 2.45) is 10.2 Å². The van der Waals surface area contributed by atoms with E-state index in [1.165, 1.54) is 30.5 Å². The summed E-state index contributed by atoms with van der Waals surface area (Å²) < 4.78 is 0. The Labute approximate surface area is 284 Å². The predicted octanol–water partition coefficient (Wildman–Crippen LogP) is 4.03. The predicted molar refractivity (Wildman–Crippen MR) is 179 cm³/mol. The molecule has 0 heterocycles. The third-order valence-electron chi connectivity index (χ3n) is 6.23. The summed E-state index contributed by atoms with van der Waals surface area (Å²) in [6.07, 6.45) is 0.173. The summed E-state index contributed by atoms with van der Waals surface area (Å²) in [4.78, 5) is 72.9. The van der Waals surface area contributed by atoms with Crippen molar-refractivity contribution in [2.75, 3.05) is 23.7 Å². The van der Waals surface area contributed by atoms with E-state index in [1.807, 2.05) is 0 Å². The molecule has 0 saturated heterocycles. The molecule has 3 aromatic carbocycles. The number of carbonyl (C=O) groups excluding carboxylic acids is 4. The van der Waals surface area contributed by atoms with Crippen molar-refractivity contribution in [3.8, 4) is 0 Å². The number of nitrogens with zero attached hydrogens (tertiary/aromatic N) is 3. The number of para-hydroxylation sites is 2. The Morgan fingerprint density at radius 3 is 1.77 bits per heavy atom. The van der Waals surface area contributed by atoms with E-state index < -0.39 is 48.5 Å². The van der Waals surface area contributed by atoms with E-state index in [-0.39, 0.29) is 37.0 Å². The third kappa shape index (κ3) is 12.3. The first-order valence-electron chi connectivity index (χ1n) is 14.2. The summed E-state index contributed by atoms with van der Waals surface area (Å²) in [5.74, 6) is -4.79. The van der Waals surface area contributed by atoms with Gasteiger partial charge in [-0.25, -0.2) is 5.01 Å². The van der Waals surface area contributed by atoms with Gasteiger partial charge in [-0.15, -0.1) is 0 Å². The number of ketones is 1. The maximum Gasteiger partial charge on any atom is 0.325 e. The number of hydrogen-bond acceptors (Lipinski definition) is 9. The van der Waals surface area contributed by atoms with Crippen molar-refractivity contribution >= 4 is 81.9 Å². The van der Waals surface area contributed by atoms with Crippen LogP contribution in [-0.2, 0) is 28.8 Å². The molecule has 0 atom stereocenters. The molecule has 3 rings (SSSR count). The molecular weight excluding hydrogens is 667 g/mol. The Kier molecular flexibility index (Phi) is 14.2. The zero-order chi connectivity index (χ0) is 35.1. The molecule has 0 radical (unpaired) electrons. The third-order valence-corrected chi connectivity index (χ3v) is 6.89. The second-order valence-electron chi connectivity index (χ2n) is 9.88. The van der Waals surface area contributed by atoms with Crippen LogP contribution in [0.1, 0.15) is 36.8 Å². The van der Waals surface area contributed by atoms with Gasteiger partial charge in [-0.1, -0.05) is 71.7 Å². The Hall–Kier alpha value is -5.60. The van der Waals surface area contributed by atoms with E-state index in [9.17, 15) is 33.9 Å². The number of Topliss-reactive ketones (excluding diaryl/α,β-unsaturated/α-hetero) is 1. The first kappa shape index (κ1) is 36.9. The number of nitrogens with one attached hydrogen (secondary N) is 3. The normalized spacial score (nSPS) is 11.1. The molecule has 250 valence electrons. The van der Waals surface area contributed by atoms with Gasteiger partial charge in [0.05, 0.1) is 27.6 Å². The molecule has 16 heteroatoms. The first-order valence-corrected chi connectivity index (χ1v) is 15.0. The van der Waals surface area contributed by atoms with Crippen LogP contribution in [0.3, 0.4) is 0 Å². The van der Waals surface area contributed by atoms with Gasteiger partial charge in [0.1, 0.15) is 18.8 Å². The molecule has 0 spiro atoms. The minimum Gasteiger partial charge on any atom is -0.480 e. The Morgan fingerprint density at radius 1 is 0.708 bits per heavy atom. The minimum absolute atomic E-state index is 0.136. The van der Waals surface area contributed by atoms with Crippen LogP contribution in [0.4, 0.5) is 11.4 Å². The molecule has 14 nitrogen and oxygen atoms in total. The van der Waals surface area contributed by atoms with Crippen molar-refractivity contribution in [3.05, 3.63) is 94.0 Å². The highest BCUT2D eigenvalue weighted by atomic mass is 35.5. The fraction of sp³-hybridized carbons (Fsp3) is 0.188. The minimum atomic E-state index is -1.33. The van der Waals surface area contributed by atoms with Crippen LogP contribution in [0.2, 0.25) is 10.0 Å². The van der Waals surface area contributed by atoms with E-state index in [0.717, 1.165) is 0 Å². The van der Waals surface area contributed by atoms with E-state index in [4.69, 9.17) is 28.3 Å². The van der Waals surface area contributed by atoms with Crippen LogP contribution in [-0.4, -0.2) is 75.7 Å². The molecule has 3 aromatic rings. The SMILES string of the molecule is O=C(O)CNN=C(C(=O)CCC(=O)Nc1ccccc1Cl)c1ccc(C=NN(CC(=O)O)C(=O)CCC(=O)Nc2ccccc2Cl)cc1. The first-order chi connectivity index (χ1) is 22.9. The fourth-order valence-electron chi connectivity index (χ4n) is 3.90. The largest absolute Gasteiger partial charge is 0.480 e. The van der Waals surface area contributed by atoms with Gasteiger partial charge in [-0.05, 0) is 29.8 Å². The highest BCUT2D eigenvalue weighted by Gasteiger charge is 2.19. The van der Waals surface area contributed by atoms with Crippen molar-refractivity contribution < 1.29 is 39.0 Å². The number of benzene rings is 3. The molecule has 0 unspecified atom stereocenters. The lowest BCUT2D eigenvalue weighted by Gasteiger charge is -2.15. The summed E-state index contributed by atoms with van der Waals surface area (Å²) in [6, 6.07) is 19.1. The molecule has 3 amide bonds. The number of hydrogen-bond donors (Lipinski definition) is 5. The second-order valence-corrected chi connectivity index (χ2v) is 10.7. The van der Waals surface area contributed by atoms with Crippen LogP contribution in [0.25, 0.3) is 0 Å². The Morgan fingerprint density at radius 2 is 1.25 bits per heavy atom. The van der Waals surface area contributed by atoms with Crippen LogP contribution in [0.15, 0.2) is 83.0 Å². The van der Waals surface area contributed by atoms with Gasteiger partial charge in [0.15, 0.2) is 5.78 Å². The number of anilines is 2. The summed E-state index contributed by atoms with van der Waals surface area (Å²) in [6.45, 7) is -1.33. The quantitative estimate of drug-likeness (QED) is 0.102. The van der Waals surface area contributed by atoms with Gasteiger partial charge in [-0.2, -0.15) is 10.2 Å². The number of carboxylic acid groups (broad SMARTS) is 2. The van der Waals surface area contributed by atoms with E-state index >= 15 is 0 Å². The average molecular weight is 698 g/mol. The molecular formula is C32H30Cl2N6O8. The van der Waals surface area contributed by atoms with Gasteiger partial charge >= 0.3 is 11.9 Å². The van der Waals surface area contributed by atoms with Crippen molar-refractivity contribution in [1.29, 1.82) is 0 Å². The van der Waals surface area contributed by atoms with E-state index in [2.05, 4.69) is 26.3 Å². The van der Waals surface area contributed by atoms with Gasteiger partial charge in [0.25, 0.3) is 0 Å². The number of carbonyl (C=O) groups is 6. The summed E-state index contributed by atoms with van der Waals surface area (Å²) in [5, 5.41) is 32.7. The lowest BCUT2D eigenvalue weighted by Crippen LogP contribution is -2.32. The Balaban J connectivity index is 1.66. The molecule has 0 aliphatic rings. The summed E-state index contributed by atoms with van der Waals surface area (Å²) in [5.41, 5.74) is 3.61. The smallest absolute Gasteiger partial charge is 0.325 e. The molecule has 0 aliphatic carbocycles. The fourth-order valence-corrected chi connectivity index (χ4v) is 4.27. The molecule has 48 heavy (non-hydrogen) atoms. The maximum atomic E-state index is 13.1. The summed E-state index contributed by atoms with van der Waals surface area (Å²) >= 11 is 12.1. The van der Waals surface area contributed by atoms with Crippen LogP contribution < -0.4 is 16.1 Å². The maximum absolute atomic E-state index is 13.1. The molecule has 0 aromatic heterocycles. The number of carboxylic acids is 2. The summed E-state index contributed by atoms with van der Waals surface area (Å²) in [7, 11) is 0. The lowest BCUT2D eigenvalue weighted by molar-refractivity contribution is -0.144. The van der Waals surface area contributed by atoms with Gasteiger partial charge in [0, 0.05) is 31.2 Å². The standard InChI is InChI=1S/C32H30Cl2N6O8/c33-22-5-1-3-7-24(22)37-27(42)14-13-26(41)32(39-35-18-30(45)46)21-11-9-20(10-12-21)17-36-40(19-31(47)48)29(44)16-15-28(43)38-25-8-4-2-6-23(25)34/h1-12,17,35H,13-16,18-19H2,(H,37,42)(H,38,43)(H,45,46)(H,47,48). The van der Waals surface area contributed by atoms with Crippen molar-refractivity contribution in [3.63, 3.8) is 0 Å². The topological polar surface area (TPSA) is 207 Å². The number of halogens is 2. The molecule has 5 N–H and O–H groups in total. The highest BCUT2D eigenvalue weighted by Crippen LogP contribution is 2.22. The van der Waals surface area contributed by atoms with E-state index in [1.54, 1.807) is 48.5 Å². The second kappa shape index (κ2) is 18.5. The zero-order valence-electron chi connectivity index (χ0n) is 25.2. The molecule has 0 saturated carbocycles. The van der Waals surface area contributed by atoms with Crippen molar-refractivity contribution in [1.82, 2.24) is 10.4 Å². The average Bonchev–Trinajstić information content (AvgIpc) is 3.05. The number of rotatable bonds is 17. The number of aliphatic carboxylic acids is 2. The highest BCUT2D eigenvalue weighted by molar-refractivity contribution is 6.46. The zero-order valence-corrected chi connectivity index (χ0v) is 26.7. The van der Waals surface area contributed by atoms with E-state index in [0.29, 0.717) is 32.0 Å². The molecule has 0 aliphatic heterocycles. The monoisotopic (exact) mass is 696 g/mol. The van der Waals surface area contributed by atoms with Gasteiger partial charge in [0.2, 0.25) is 17.7 Å². The Bertz CT molecular complexity index is 1730. The van der Waals surface area contributed by atoms with Crippen molar-refractivity contribution in [2.45, 2.75) is 25.7 Å². The number of amides is 3. The molecule has 0 bridgehead atoms. The lowest BCUT2D eigenvalue weighted by atomic mass is 10.0. The number of hydrazone groups is 2.